The van der Waals surface area contributed by atoms with Crippen molar-refractivity contribution in [2.24, 2.45) is 0 Å². The maximum atomic E-state index is 12.9. The Morgan fingerprint density at radius 2 is 1.95 bits per heavy atom. The van der Waals surface area contributed by atoms with Crippen LogP contribution in [0.1, 0.15) is 17.1 Å². The summed E-state index contributed by atoms with van der Waals surface area (Å²) in [4.78, 5) is 8.25. The molecule has 0 spiro atoms. The predicted octanol–water partition coefficient (Wildman–Crippen LogP) is 3.81. The first kappa shape index (κ1) is 12.8. The topological polar surface area (TPSA) is 25.8 Å². The zero-order valence-corrected chi connectivity index (χ0v) is 11.5. The number of fused-ring (bicyclic) bond motifs is 1. The molecule has 0 atom stereocenters. The molecule has 2 heterocycles. The van der Waals surface area contributed by atoms with E-state index >= 15 is 0 Å². The van der Waals surface area contributed by atoms with Gasteiger partial charge in [0.25, 0.3) is 0 Å². The first-order valence-electron chi connectivity index (χ1n) is 6.27. The molecule has 0 saturated carbocycles. The maximum Gasteiger partial charge on any atom is 0.214 e. The third-order valence-corrected chi connectivity index (χ3v) is 3.83. The fourth-order valence-corrected chi connectivity index (χ4v) is 2.79. The molecule has 1 aromatic carbocycles. The van der Waals surface area contributed by atoms with Gasteiger partial charge in [0.1, 0.15) is 5.69 Å². The quantitative estimate of drug-likeness (QED) is 0.527. The lowest BCUT2D eigenvalue weighted by atomic mass is 10.3. The molecule has 3 rings (SSSR count). The zero-order valence-electron chi connectivity index (χ0n) is 10.6. The molecule has 0 aliphatic heterocycles. The van der Waals surface area contributed by atoms with Crippen molar-refractivity contribution < 1.29 is 4.39 Å². The number of thiazole rings is 1. The van der Waals surface area contributed by atoms with Crippen LogP contribution in [0.4, 0.5) is 4.39 Å². The van der Waals surface area contributed by atoms with Crippen LogP contribution in [0.2, 0.25) is 0 Å². The largest absolute Gasteiger partial charge is 0.241 e. The summed E-state index contributed by atoms with van der Waals surface area (Å²) in [5.74, 6) is 5.38. The van der Waals surface area contributed by atoms with E-state index in [0.717, 1.165) is 16.9 Å². The third kappa shape index (κ3) is 3.01. The standard InChI is InChI=1S/C16H11FN2S/c17-15-10-5-7-12(18-15)6-1-4-11-16-19-13-8-2-3-9-14(13)20-16/h2-3,5,7-10H,4,11H2. The van der Waals surface area contributed by atoms with E-state index in [-0.39, 0.29) is 0 Å². The molecule has 3 aromatic rings. The molecule has 98 valence electrons. The summed E-state index contributed by atoms with van der Waals surface area (Å²) in [6.45, 7) is 0. The number of para-hydroxylation sites is 1. The number of nitrogens with zero attached hydrogens (tertiary/aromatic N) is 2. The van der Waals surface area contributed by atoms with Gasteiger partial charge in [-0.15, -0.1) is 11.3 Å². The van der Waals surface area contributed by atoms with Gasteiger partial charge in [-0.1, -0.05) is 24.1 Å². The van der Waals surface area contributed by atoms with Crippen molar-refractivity contribution in [3.05, 3.63) is 59.1 Å². The van der Waals surface area contributed by atoms with Crippen LogP contribution in [0.5, 0.6) is 0 Å². The fourth-order valence-electron chi connectivity index (χ4n) is 1.83. The minimum Gasteiger partial charge on any atom is -0.241 e. The summed E-state index contributed by atoms with van der Waals surface area (Å²) in [5, 5.41) is 1.08. The smallest absolute Gasteiger partial charge is 0.214 e. The molecule has 2 nitrogen and oxygen atoms in total. The molecule has 0 fully saturated rings. The number of benzene rings is 1. The molecule has 20 heavy (non-hydrogen) atoms. The van der Waals surface area contributed by atoms with Gasteiger partial charge in [0.15, 0.2) is 0 Å². The second kappa shape index (κ2) is 5.81. The second-order valence-electron chi connectivity index (χ2n) is 4.22. The van der Waals surface area contributed by atoms with E-state index in [1.807, 2.05) is 18.2 Å². The second-order valence-corrected chi connectivity index (χ2v) is 5.34. The fraction of sp³-hybridized carbons (Fsp3) is 0.125. The molecule has 0 unspecified atom stereocenters. The SMILES string of the molecule is Fc1cccc(C#CCCc2nc3ccccc3s2)n1. The number of aromatic nitrogens is 2. The highest BCUT2D eigenvalue weighted by molar-refractivity contribution is 7.18. The first-order valence-corrected chi connectivity index (χ1v) is 7.09. The van der Waals surface area contributed by atoms with Crippen molar-refractivity contribution in [3.8, 4) is 11.8 Å². The number of rotatable bonds is 2. The van der Waals surface area contributed by atoms with E-state index in [9.17, 15) is 4.39 Å². The van der Waals surface area contributed by atoms with Crippen LogP contribution in [-0.2, 0) is 6.42 Å². The Bertz CT molecular complexity index is 766. The average Bonchev–Trinajstić information content (AvgIpc) is 2.86. The zero-order chi connectivity index (χ0) is 13.8. The van der Waals surface area contributed by atoms with Crippen molar-refractivity contribution in [2.75, 3.05) is 0 Å². The number of hydrogen-bond donors (Lipinski definition) is 0. The van der Waals surface area contributed by atoms with Crippen molar-refractivity contribution in [3.63, 3.8) is 0 Å². The Balaban J connectivity index is 1.65. The molecular weight excluding hydrogens is 271 g/mol. The summed E-state index contributed by atoms with van der Waals surface area (Å²) >= 11 is 1.69. The predicted molar refractivity (Wildman–Crippen MR) is 79.0 cm³/mol. The van der Waals surface area contributed by atoms with Crippen LogP contribution in [0, 0.1) is 17.8 Å². The molecule has 0 bridgehead atoms. The molecule has 0 radical (unpaired) electrons. The minimum atomic E-state index is -0.497. The van der Waals surface area contributed by atoms with Gasteiger partial charge in [0.05, 0.1) is 15.2 Å². The number of pyridine rings is 1. The van der Waals surface area contributed by atoms with Gasteiger partial charge >= 0.3 is 0 Å². The van der Waals surface area contributed by atoms with Gasteiger partial charge in [0.2, 0.25) is 5.95 Å². The van der Waals surface area contributed by atoms with Gasteiger partial charge in [-0.3, -0.25) is 0 Å². The Hall–Kier alpha value is -2.25. The first-order chi connectivity index (χ1) is 9.81. The van der Waals surface area contributed by atoms with Crippen LogP contribution >= 0.6 is 11.3 Å². The Labute approximate surface area is 120 Å². The lowest BCUT2D eigenvalue weighted by molar-refractivity contribution is 0.582. The molecule has 4 heteroatoms. The summed E-state index contributed by atoms with van der Waals surface area (Å²) in [7, 11) is 0. The van der Waals surface area contributed by atoms with Crippen LogP contribution in [-0.4, -0.2) is 9.97 Å². The molecule has 0 amide bonds. The molecule has 0 aliphatic carbocycles. The third-order valence-electron chi connectivity index (χ3n) is 2.73. The lowest BCUT2D eigenvalue weighted by Gasteiger charge is -1.89. The summed E-state index contributed by atoms with van der Waals surface area (Å²) in [6, 6.07) is 12.7. The summed E-state index contributed by atoms with van der Waals surface area (Å²) < 4.78 is 14.1. The van der Waals surface area contributed by atoms with E-state index in [0.29, 0.717) is 12.1 Å². The summed E-state index contributed by atoms with van der Waals surface area (Å²) in [5.41, 5.74) is 1.50. The Morgan fingerprint density at radius 3 is 2.80 bits per heavy atom. The highest BCUT2D eigenvalue weighted by Crippen LogP contribution is 2.22. The number of aryl methyl sites for hydroxylation is 1. The van der Waals surface area contributed by atoms with Crippen molar-refractivity contribution in [1.82, 2.24) is 9.97 Å². The van der Waals surface area contributed by atoms with E-state index < -0.39 is 5.95 Å². The van der Waals surface area contributed by atoms with Crippen LogP contribution < -0.4 is 0 Å². The van der Waals surface area contributed by atoms with Gasteiger partial charge < -0.3 is 0 Å². The molecular formula is C16H11FN2S. The summed E-state index contributed by atoms with van der Waals surface area (Å²) in [6.07, 6.45) is 1.50. The monoisotopic (exact) mass is 282 g/mol. The van der Waals surface area contributed by atoms with E-state index in [1.165, 1.54) is 10.8 Å². The van der Waals surface area contributed by atoms with Gasteiger partial charge in [0, 0.05) is 12.8 Å². The highest BCUT2D eigenvalue weighted by atomic mass is 32.1. The van der Waals surface area contributed by atoms with Gasteiger partial charge in [-0.05, 0) is 30.2 Å². The number of halogens is 1. The molecule has 2 aromatic heterocycles. The van der Waals surface area contributed by atoms with Crippen LogP contribution in [0.25, 0.3) is 10.2 Å². The Kier molecular flexibility index (Phi) is 3.71. The van der Waals surface area contributed by atoms with Crippen LogP contribution in [0.15, 0.2) is 42.5 Å². The normalized spacial score (nSPS) is 10.2. The number of hydrogen-bond acceptors (Lipinski definition) is 3. The van der Waals surface area contributed by atoms with E-state index in [1.54, 1.807) is 23.5 Å². The molecule has 0 N–H and O–H groups in total. The van der Waals surface area contributed by atoms with E-state index in [2.05, 4.69) is 27.9 Å². The maximum absolute atomic E-state index is 12.9. The minimum absolute atomic E-state index is 0.467. The Morgan fingerprint density at radius 1 is 1.05 bits per heavy atom. The molecule has 0 aliphatic rings. The molecule has 0 saturated heterocycles. The van der Waals surface area contributed by atoms with Crippen molar-refractivity contribution >= 4 is 21.6 Å². The van der Waals surface area contributed by atoms with E-state index in [4.69, 9.17) is 0 Å². The lowest BCUT2D eigenvalue weighted by Crippen LogP contribution is -1.86. The van der Waals surface area contributed by atoms with Crippen molar-refractivity contribution in [2.45, 2.75) is 12.8 Å². The van der Waals surface area contributed by atoms with Crippen LogP contribution in [0.3, 0.4) is 0 Å². The van der Waals surface area contributed by atoms with Crippen molar-refractivity contribution in [1.29, 1.82) is 0 Å². The van der Waals surface area contributed by atoms with Gasteiger partial charge in [-0.25, -0.2) is 9.97 Å². The highest BCUT2D eigenvalue weighted by Gasteiger charge is 2.01. The van der Waals surface area contributed by atoms with Gasteiger partial charge in [-0.2, -0.15) is 4.39 Å². The average molecular weight is 282 g/mol.